The van der Waals surface area contributed by atoms with Gasteiger partial charge in [-0.15, -0.1) is 10.2 Å². The van der Waals surface area contributed by atoms with Gasteiger partial charge in [0.05, 0.1) is 7.11 Å². The van der Waals surface area contributed by atoms with E-state index < -0.39 is 0 Å². The van der Waals surface area contributed by atoms with E-state index in [0.717, 1.165) is 0 Å². The zero-order valence-electron chi connectivity index (χ0n) is 5.90. The van der Waals surface area contributed by atoms with Gasteiger partial charge in [0, 0.05) is 0 Å². The molecule has 0 bridgehead atoms. The molecule has 0 atom stereocenters. The Kier molecular flexibility index (Phi) is 2.79. The van der Waals surface area contributed by atoms with E-state index in [-0.39, 0.29) is 12.5 Å². The Balaban J connectivity index is 2.29. The smallest absolute Gasteiger partial charge is 0.325 e. The standard InChI is InChI=1S/C5H7N3O2S/c1-10-4(9)2-6-5-8-7-3-11-5/h3H,2H2,1H3,(H,6,8). The predicted molar refractivity (Wildman–Crippen MR) is 40.4 cm³/mol. The third-order valence-corrected chi connectivity index (χ3v) is 1.62. The van der Waals surface area contributed by atoms with Crippen molar-refractivity contribution in [3.63, 3.8) is 0 Å². The molecule has 0 radical (unpaired) electrons. The van der Waals surface area contributed by atoms with Crippen molar-refractivity contribution in [3.05, 3.63) is 5.51 Å². The zero-order chi connectivity index (χ0) is 8.10. The zero-order valence-corrected chi connectivity index (χ0v) is 6.72. The summed E-state index contributed by atoms with van der Waals surface area (Å²) in [5.74, 6) is -0.319. The molecule has 60 valence electrons. The van der Waals surface area contributed by atoms with E-state index in [4.69, 9.17) is 0 Å². The Hall–Kier alpha value is -1.17. The fourth-order valence-electron chi connectivity index (χ4n) is 0.470. The molecule has 6 heteroatoms. The molecule has 0 aromatic carbocycles. The lowest BCUT2D eigenvalue weighted by Gasteiger charge is -1.97. The summed E-state index contributed by atoms with van der Waals surface area (Å²) in [6, 6.07) is 0. The van der Waals surface area contributed by atoms with Crippen molar-refractivity contribution in [2.45, 2.75) is 0 Å². The van der Waals surface area contributed by atoms with Crippen molar-refractivity contribution < 1.29 is 9.53 Å². The number of esters is 1. The maximum absolute atomic E-state index is 10.6. The van der Waals surface area contributed by atoms with E-state index in [1.165, 1.54) is 18.4 Å². The van der Waals surface area contributed by atoms with Crippen molar-refractivity contribution in [3.8, 4) is 0 Å². The molecule has 0 aliphatic carbocycles. The predicted octanol–water partition coefficient (Wildman–Crippen LogP) is 0.123. The maximum atomic E-state index is 10.6. The number of aromatic nitrogens is 2. The van der Waals surface area contributed by atoms with Gasteiger partial charge in [0.25, 0.3) is 0 Å². The van der Waals surface area contributed by atoms with Gasteiger partial charge >= 0.3 is 5.97 Å². The second-order valence-corrected chi connectivity index (χ2v) is 2.51. The topological polar surface area (TPSA) is 64.1 Å². The van der Waals surface area contributed by atoms with Crippen molar-refractivity contribution in [2.75, 3.05) is 19.0 Å². The summed E-state index contributed by atoms with van der Waals surface area (Å²) in [5, 5.41) is 10.6. The molecule has 0 saturated heterocycles. The average molecular weight is 173 g/mol. The molecule has 0 saturated carbocycles. The number of hydrogen-bond donors (Lipinski definition) is 1. The van der Waals surface area contributed by atoms with Crippen LogP contribution in [0, 0.1) is 0 Å². The second kappa shape index (κ2) is 3.87. The normalized spacial score (nSPS) is 9.18. The van der Waals surface area contributed by atoms with Gasteiger partial charge in [-0.2, -0.15) is 0 Å². The van der Waals surface area contributed by atoms with Gasteiger partial charge in [-0.1, -0.05) is 11.3 Å². The SMILES string of the molecule is COC(=O)CNc1nncs1. The number of hydrogen-bond acceptors (Lipinski definition) is 6. The lowest BCUT2D eigenvalue weighted by Crippen LogP contribution is -2.14. The van der Waals surface area contributed by atoms with Crippen LogP contribution in [0.5, 0.6) is 0 Å². The second-order valence-electron chi connectivity index (χ2n) is 1.67. The molecule has 0 unspecified atom stereocenters. The molecule has 5 nitrogen and oxygen atoms in total. The van der Waals surface area contributed by atoms with Crippen molar-refractivity contribution >= 4 is 22.4 Å². The van der Waals surface area contributed by atoms with Crippen molar-refractivity contribution in [2.24, 2.45) is 0 Å². The van der Waals surface area contributed by atoms with Gasteiger partial charge in [0.1, 0.15) is 12.1 Å². The molecule has 1 heterocycles. The van der Waals surface area contributed by atoms with Crippen molar-refractivity contribution in [1.82, 2.24) is 10.2 Å². The highest BCUT2D eigenvalue weighted by Crippen LogP contribution is 2.06. The molecule has 0 aliphatic heterocycles. The van der Waals surface area contributed by atoms with Crippen LogP contribution in [0.2, 0.25) is 0 Å². The summed E-state index contributed by atoms with van der Waals surface area (Å²) in [6.45, 7) is 0.131. The first-order chi connectivity index (χ1) is 5.33. The Morgan fingerprint density at radius 3 is 3.27 bits per heavy atom. The van der Waals surface area contributed by atoms with Crippen LogP contribution in [-0.4, -0.2) is 29.8 Å². The molecule has 0 amide bonds. The largest absolute Gasteiger partial charge is 0.468 e. The van der Waals surface area contributed by atoms with Crippen LogP contribution in [0.15, 0.2) is 5.51 Å². The van der Waals surface area contributed by atoms with Crippen LogP contribution < -0.4 is 5.32 Å². The maximum Gasteiger partial charge on any atom is 0.325 e. The minimum Gasteiger partial charge on any atom is -0.468 e. The summed E-state index contributed by atoms with van der Waals surface area (Å²) in [7, 11) is 1.34. The Bertz CT molecular complexity index is 224. The van der Waals surface area contributed by atoms with Crippen molar-refractivity contribution in [1.29, 1.82) is 0 Å². The molecule has 1 aromatic heterocycles. The van der Waals surface area contributed by atoms with Gasteiger partial charge in [-0.3, -0.25) is 4.79 Å². The number of rotatable bonds is 3. The van der Waals surface area contributed by atoms with Gasteiger partial charge in [-0.05, 0) is 0 Å². The quantitative estimate of drug-likeness (QED) is 0.658. The van der Waals surface area contributed by atoms with Gasteiger partial charge in [0.15, 0.2) is 0 Å². The molecular weight excluding hydrogens is 166 g/mol. The molecule has 11 heavy (non-hydrogen) atoms. The highest BCUT2D eigenvalue weighted by Gasteiger charge is 2.00. The summed E-state index contributed by atoms with van der Waals surface area (Å²) in [4.78, 5) is 10.6. The third kappa shape index (κ3) is 2.50. The fourth-order valence-corrected chi connectivity index (χ4v) is 0.914. The highest BCUT2D eigenvalue weighted by molar-refractivity contribution is 7.13. The summed E-state index contributed by atoms with van der Waals surface area (Å²) < 4.78 is 4.40. The monoisotopic (exact) mass is 173 g/mol. The van der Waals surface area contributed by atoms with Crippen LogP contribution in [0.4, 0.5) is 5.13 Å². The first kappa shape index (κ1) is 7.93. The molecule has 1 N–H and O–H groups in total. The molecular formula is C5H7N3O2S. The lowest BCUT2D eigenvalue weighted by molar-refractivity contribution is -0.138. The van der Waals surface area contributed by atoms with Gasteiger partial charge in [-0.25, -0.2) is 0 Å². The van der Waals surface area contributed by atoms with Gasteiger partial charge in [0.2, 0.25) is 5.13 Å². The number of carbonyl (C=O) groups is 1. The van der Waals surface area contributed by atoms with E-state index in [1.807, 2.05) is 0 Å². The van der Waals surface area contributed by atoms with E-state index in [2.05, 4.69) is 20.3 Å². The first-order valence-corrected chi connectivity index (χ1v) is 3.77. The number of nitrogens with one attached hydrogen (secondary N) is 1. The third-order valence-electron chi connectivity index (χ3n) is 0.972. The molecule has 0 spiro atoms. The number of anilines is 1. The van der Waals surface area contributed by atoms with Crippen LogP contribution in [-0.2, 0) is 9.53 Å². The van der Waals surface area contributed by atoms with Crippen LogP contribution in [0.25, 0.3) is 0 Å². The fraction of sp³-hybridized carbons (Fsp3) is 0.400. The van der Waals surface area contributed by atoms with Crippen LogP contribution >= 0.6 is 11.3 Å². The summed E-state index contributed by atoms with van der Waals surface area (Å²) >= 11 is 1.33. The van der Waals surface area contributed by atoms with E-state index in [1.54, 1.807) is 5.51 Å². The Morgan fingerprint density at radius 1 is 1.91 bits per heavy atom. The lowest BCUT2D eigenvalue weighted by atomic mass is 10.7. The Labute approximate surface area is 67.4 Å². The number of carbonyl (C=O) groups excluding carboxylic acids is 1. The minimum atomic E-state index is -0.319. The summed E-state index contributed by atoms with van der Waals surface area (Å²) in [6.07, 6.45) is 0. The Morgan fingerprint density at radius 2 is 2.73 bits per heavy atom. The van der Waals surface area contributed by atoms with Crippen LogP contribution in [0.3, 0.4) is 0 Å². The first-order valence-electron chi connectivity index (χ1n) is 2.90. The summed E-state index contributed by atoms with van der Waals surface area (Å²) in [5.41, 5.74) is 1.58. The van der Waals surface area contributed by atoms with E-state index in [0.29, 0.717) is 5.13 Å². The number of ether oxygens (including phenoxy) is 1. The minimum absolute atomic E-state index is 0.131. The van der Waals surface area contributed by atoms with Crippen LogP contribution in [0.1, 0.15) is 0 Å². The highest BCUT2D eigenvalue weighted by atomic mass is 32.1. The molecule has 1 aromatic rings. The molecule has 1 rings (SSSR count). The molecule has 0 fully saturated rings. The van der Waals surface area contributed by atoms with E-state index >= 15 is 0 Å². The van der Waals surface area contributed by atoms with Gasteiger partial charge < -0.3 is 10.1 Å². The van der Waals surface area contributed by atoms with E-state index in [9.17, 15) is 4.79 Å². The average Bonchev–Trinajstić information content (AvgIpc) is 2.52. The number of methoxy groups -OCH3 is 1. The molecule has 0 aliphatic rings. The number of nitrogens with zero attached hydrogens (tertiary/aromatic N) is 2.